The fourth-order valence-corrected chi connectivity index (χ4v) is 2.42. The standard InChI is InChI=1S/C10H14O/c1-10(2)6-5-7-8(10)3-4-9(7)11/h5-8H,3-4H2,1-2H3/t7-,8-/m1/s1. The topological polar surface area (TPSA) is 17.1 Å². The van der Waals surface area contributed by atoms with Crippen LogP contribution in [0.25, 0.3) is 0 Å². The molecule has 0 heterocycles. The summed E-state index contributed by atoms with van der Waals surface area (Å²) in [6, 6.07) is 0. The Morgan fingerprint density at radius 3 is 2.91 bits per heavy atom. The molecule has 0 radical (unpaired) electrons. The fourth-order valence-electron chi connectivity index (χ4n) is 2.42. The summed E-state index contributed by atoms with van der Waals surface area (Å²) in [5.41, 5.74) is 0.275. The van der Waals surface area contributed by atoms with E-state index in [9.17, 15) is 4.79 Å². The van der Waals surface area contributed by atoms with E-state index in [4.69, 9.17) is 0 Å². The van der Waals surface area contributed by atoms with E-state index in [0.29, 0.717) is 11.7 Å². The Hall–Kier alpha value is -0.590. The van der Waals surface area contributed by atoms with E-state index in [1.807, 2.05) is 0 Å². The van der Waals surface area contributed by atoms with Crippen LogP contribution in [0.3, 0.4) is 0 Å². The Morgan fingerprint density at radius 1 is 1.55 bits per heavy atom. The zero-order chi connectivity index (χ0) is 8.06. The van der Waals surface area contributed by atoms with Gasteiger partial charge in [-0.2, -0.15) is 0 Å². The van der Waals surface area contributed by atoms with Crippen LogP contribution in [-0.2, 0) is 4.79 Å². The summed E-state index contributed by atoms with van der Waals surface area (Å²) in [6.07, 6.45) is 6.23. The second kappa shape index (κ2) is 1.96. The highest BCUT2D eigenvalue weighted by molar-refractivity contribution is 5.85. The maximum Gasteiger partial charge on any atom is 0.140 e. The summed E-state index contributed by atoms with van der Waals surface area (Å²) < 4.78 is 0. The first-order valence-electron chi connectivity index (χ1n) is 4.33. The SMILES string of the molecule is CC1(C)C=C[C@H]2C(=O)CC[C@H]21. The summed E-state index contributed by atoms with van der Waals surface area (Å²) in [7, 11) is 0. The van der Waals surface area contributed by atoms with Gasteiger partial charge in [0.1, 0.15) is 5.78 Å². The molecule has 0 bridgehead atoms. The number of rotatable bonds is 0. The number of allylic oxidation sites excluding steroid dienone is 2. The van der Waals surface area contributed by atoms with Crippen molar-refractivity contribution in [2.45, 2.75) is 26.7 Å². The van der Waals surface area contributed by atoms with Gasteiger partial charge in [0.15, 0.2) is 0 Å². The second-order valence-electron chi connectivity index (χ2n) is 4.32. The number of carbonyl (C=O) groups is 1. The molecule has 0 spiro atoms. The van der Waals surface area contributed by atoms with Gasteiger partial charge in [-0.1, -0.05) is 26.0 Å². The maximum absolute atomic E-state index is 11.3. The molecule has 2 atom stereocenters. The van der Waals surface area contributed by atoms with Gasteiger partial charge in [-0.25, -0.2) is 0 Å². The highest BCUT2D eigenvalue weighted by Gasteiger charge is 2.44. The highest BCUT2D eigenvalue weighted by Crippen LogP contribution is 2.48. The van der Waals surface area contributed by atoms with Gasteiger partial charge in [-0.15, -0.1) is 0 Å². The van der Waals surface area contributed by atoms with E-state index in [1.165, 1.54) is 0 Å². The summed E-state index contributed by atoms with van der Waals surface area (Å²) in [5, 5.41) is 0. The molecule has 1 saturated carbocycles. The number of fused-ring (bicyclic) bond motifs is 1. The minimum Gasteiger partial charge on any atom is -0.299 e. The van der Waals surface area contributed by atoms with Gasteiger partial charge in [0.2, 0.25) is 0 Å². The van der Waals surface area contributed by atoms with Crippen LogP contribution in [-0.4, -0.2) is 5.78 Å². The first-order valence-corrected chi connectivity index (χ1v) is 4.33. The van der Waals surface area contributed by atoms with Gasteiger partial charge in [0, 0.05) is 12.3 Å². The lowest BCUT2D eigenvalue weighted by Gasteiger charge is -2.24. The van der Waals surface area contributed by atoms with Crippen molar-refractivity contribution < 1.29 is 4.79 Å². The number of Topliss-reactive ketones (excluding diaryl/α,β-unsaturated/α-hetero) is 1. The molecule has 0 amide bonds. The lowest BCUT2D eigenvalue weighted by Crippen LogP contribution is -2.20. The number of hydrogen-bond acceptors (Lipinski definition) is 1. The summed E-state index contributed by atoms with van der Waals surface area (Å²) in [5.74, 6) is 1.33. The van der Waals surface area contributed by atoms with Crippen molar-refractivity contribution in [3.63, 3.8) is 0 Å². The average molecular weight is 150 g/mol. The number of ketones is 1. The van der Waals surface area contributed by atoms with Crippen molar-refractivity contribution in [1.82, 2.24) is 0 Å². The lowest BCUT2D eigenvalue weighted by molar-refractivity contribution is -0.120. The fraction of sp³-hybridized carbons (Fsp3) is 0.700. The molecule has 0 saturated heterocycles. The molecule has 0 aromatic carbocycles. The Balaban J connectivity index is 2.30. The third-order valence-corrected chi connectivity index (χ3v) is 3.20. The highest BCUT2D eigenvalue weighted by atomic mass is 16.1. The largest absolute Gasteiger partial charge is 0.299 e. The van der Waals surface area contributed by atoms with Crippen molar-refractivity contribution in [3.8, 4) is 0 Å². The molecule has 1 heteroatoms. The molecule has 0 unspecified atom stereocenters. The molecule has 0 aliphatic heterocycles. The molecule has 1 nitrogen and oxygen atoms in total. The van der Waals surface area contributed by atoms with E-state index >= 15 is 0 Å². The average Bonchev–Trinajstić information content (AvgIpc) is 2.39. The lowest BCUT2D eigenvalue weighted by atomic mass is 9.79. The van der Waals surface area contributed by atoms with Gasteiger partial charge in [0.25, 0.3) is 0 Å². The third-order valence-electron chi connectivity index (χ3n) is 3.20. The van der Waals surface area contributed by atoms with Crippen LogP contribution < -0.4 is 0 Å². The maximum atomic E-state index is 11.3. The van der Waals surface area contributed by atoms with Crippen molar-refractivity contribution in [1.29, 1.82) is 0 Å². The quantitative estimate of drug-likeness (QED) is 0.484. The zero-order valence-electron chi connectivity index (χ0n) is 7.13. The van der Waals surface area contributed by atoms with E-state index in [0.717, 1.165) is 12.8 Å². The second-order valence-corrected chi connectivity index (χ2v) is 4.32. The van der Waals surface area contributed by atoms with E-state index in [1.54, 1.807) is 0 Å². The smallest absolute Gasteiger partial charge is 0.140 e. The van der Waals surface area contributed by atoms with Crippen LogP contribution in [0.2, 0.25) is 0 Å². The van der Waals surface area contributed by atoms with Gasteiger partial charge < -0.3 is 0 Å². The van der Waals surface area contributed by atoms with Crippen molar-refractivity contribution in [2.75, 3.05) is 0 Å². The van der Waals surface area contributed by atoms with Gasteiger partial charge in [-0.3, -0.25) is 4.79 Å². The van der Waals surface area contributed by atoms with Gasteiger partial charge >= 0.3 is 0 Å². The number of carbonyl (C=O) groups excluding carboxylic acids is 1. The van der Waals surface area contributed by atoms with E-state index < -0.39 is 0 Å². The Labute approximate surface area is 67.5 Å². The molecule has 11 heavy (non-hydrogen) atoms. The monoisotopic (exact) mass is 150 g/mol. The zero-order valence-corrected chi connectivity index (χ0v) is 7.13. The molecular weight excluding hydrogens is 136 g/mol. The van der Waals surface area contributed by atoms with E-state index in [-0.39, 0.29) is 11.3 Å². The molecule has 2 aliphatic rings. The summed E-state index contributed by atoms with van der Waals surface area (Å²) in [4.78, 5) is 11.3. The van der Waals surface area contributed by atoms with Crippen molar-refractivity contribution in [2.24, 2.45) is 17.3 Å². The minimum atomic E-state index is 0.269. The number of hydrogen-bond donors (Lipinski definition) is 0. The van der Waals surface area contributed by atoms with Crippen LogP contribution in [0.15, 0.2) is 12.2 Å². The van der Waals surface area contributed by atoms with Crippen LogP contribution in [0.5, 0.6) is 0 Å². The molecular formula is C10H14O. The van der Waals surface area contributed by atoms with Crippen LogP contribution in [0.4, 0.5) is 0 Å². The molecule has 0 N–H and O–H groups in total. The summed E-state index contributed by atoms with van der Waals surface area (Å²) >= 11 is 0. The first-order chi connectivity index (χ1) is 5.11. The third kappa shape index (κ3) is 0.867. The van der Waals surface area contributed by atoms with Crippen LogP contribution in [0, 0.1) is 17.3 Å². The molecule has 2 rings (SSSR count). The van der Waals surface area contributed by atoms with Crippen molar-refractivity contribution in [3.05, 3.63) is 12.2 Å². The molecule has 2 aliphatic carbocycles. The molecule has 0 aromatic rings. The van der Waals surface area contributed by atoms with Crippen LogP contribution >= 0.6 is 0 Å². The Morgan fingerprint density at radius 2 is 2.27 bits per heavy atom. The Kier molecular flexibility index (Phi) is 1.26. The predicted octanol–water partition coefficient (Wildman–Crippen LogP) is 2.18. The van der Waals surface area contributed by atoms with Crippen LogP contribution in [0.1, 0.15) is 26.7 Å². The molecule has 1 fully saturated rings. The molecule has 0 aromatic heterocycles. The summed E-state index contributed by atoms with van der Waals surface area (Å²) in [6.45, 7) is 4.46. The normalized spacial score (nSPS) is 39.6. The Bertz CT molecular complexity index is 225. The minimum absolute atomic E-state index is 0.269. The van der Waals surface area contributed by atoms with Gasteiger partial charge in [-0.05, 0) is 17.8 Å². The first kappa shape index (κ1) is 7.08. The van der Waals surface area contributed by atoms with Gasteiger partial charge in [0.05, 0.1) is 0 Å². The van der Waals surface area contributed by atoms with Crippen molar-refractivity contribution >= 4 is 5.78 Å². The van der Waals surface area contributed by atoms with E-state index in [2.05, 4.69) is 26.0 Å². The predicted molar refractivity (Wildman–Crippen MR) is 44.1 cm³/mol. The molecule has 60 valence electrons.